The number of para-hydroxylation sites is 2. The standard InChI is InChI=1S/C19H22N2/c1-3-4-9-14-20-19-15-10-5-7-12-17(15)21(2)18-13-8-6-11-16(18)19/h5-8,10-13H,3-4,9,14H2,1-2H3/p+1. The van der Waals surface area contributed by atoms with Gasteiger partial charge in [0.05, 0.1) is 16.5 Å². The van der Waals surface area contributed by atoms with Crippen LogP contribution in [-0.4, -0.2) is 6.54 Å². The number of nitrogens with zero attached hydrogens (tertiary/aromatic N) is 1. The lowest BCUT2D eigenvalue weighted by Gasteiger charge is -2.12. The molecule has 1 aromatic heterocycles. The van der Waals surface area contributed by atoms with Crippen molar-refractivity contribution in [3.05, 3.63) is 48.5 Å². The summed E-state index contributed by atoms with van der Waals surface area (Å²) in [7, 11) is 2.14. The molecule has 2 heteroatoms. The van der Waals surface area contributed by atoms with Crippen molar-refractivity contribution in [1.82, 2.24) is 0 Å². The minimum atomic E-state index is 1.04. The summed E-state index contributed by atoms with van der Waals surface area (Å²) in [4.78, 5) is 0. The van der Waals surface area contributed by atoms with E-state index in [4.69, 9.17) is 0 Å². The zero-order valence-corrected chi connectivity index (χ0v) is 12.9. The molecule has 3 rings (SSSR count). The maximum Gasteiger partial charge on any atom is 0.214 e. The molecule has 0 bridgehead atoms. The van der Waals surface area contributed by atoms with Crippen LogP contribution in [0.25, 0.3) is 21.8 Å². The zero-order valence-electron chi connectivity index (χ0n) is 12.9. The van der Waals surface area contributed by atoms with E-state index in [-0.39, 0.29) is 0 Å². The van der Waals surface area contributed by atoms with Crippen LogP contribution in [0.2, 0.25) is 0 Å². The second-order valence-electron chi connectivity index (χ2n) is 5.60. The number of unbranched alkanes of at least 4 members (excludes halogenated alkanes) is 2. The molecule has 108 valence electrons. The van der Waals surface area contributed by atoms with Gasteiger partial charge in [0.1, 0.15) is 7.05 Å². The molecule has 2 aromatic carbocycles. The van der Waals surface area contributed by atoms with Gasteiger partial charge in [0.15, 0.2) is 0 Å². The van der Waals surface area contributed by atoms with Gasteiger partial charge >= 0.3 is 0 Å². The Morgan fingerprint density at radius 1 is 0.857 bits per heavy atom. The summed E-state index contributed by atoms with van der Waals surface area (Å²) in [5.74, 6) is 0. The van der Waals surface area contributed by atoms with Crippen LogP contribution in [0.5, 0.6) is 0 Å². The Balaban J connectivity index is 2.15. The Morgan fingerprint density at radius 2 is 1.43 bits per heavy atom. The Morgan fingerprint density at radius 3 is 2.00 bits per heavy atom. The molecule has 0 saturated heterocycles. The van der Waals surface area contributed by atoms with E-state index >= 15 is 0 Å². The summed E-state index contributed by atoms with van der Waals surface area (Å²) in [6.45, 7) is 3.28. The SMILES string of the molecule is CCCCCNc1c2ccccc2[n+](C)c2ccccc12. The number of rotatable bonds is 5. The quantitative estimate of drug-likeness (QED) is 0.415. The largest absolute Gasteiger partial charge is 0.384 e. The van der Waals surface area contributed by atoms with Crippen molar-refractivity contribution >= 4 is 27.5 Å². The molecule has 1 N–H and O–H groups in total. The topological polar surface area (TPSA) is 15.9 Å². The van der Waals surface area contributed by atoms with Crippen LogP contribution in [-0.2, 0) is 7.05 Å². The highest BCUT2D eigenvalue weighted by Crippen LogP contribution is 2.29. The molecule has 0 spiro atoms. The average molecular weight is 279 g/mol. The molecule has 0 atom stereocenters. The van der Waals surface area contributed by atoms with E-state index in [1.54, 1.807) is 0 Å². The molecule has 0 fully saturated rings. The molecule has 0 unspecified atom stereocenters. The molecular weight excluding hydrogens is 256 g/mol. The summed E-state index contributed by atoms with van der Waals surface area (Å²) < 4.78 is 2.28. The summed E-state index contributed by atoms with van der Waals surface area (Å²) in [5.41, 5.74) is 3.82. The highest BCUT2D eigenvalue weighted by molar-refractivity contribution is 6.04. The molecule has 0 aliphatic heterocycles. The highest BCUT2D eigenvalue weighted by atomic mass is 15.0. The third-order valence-electron chi connectivity index (χ3n) is 4.15. The number of nitrogens with one attached hydrogen (secondary N) is 1. The van der Waals surface area contributed by atoms with E-state index in [0.717, 1.165) is 6.54 Å². The van der Waals surface area contributed by atoms with Crippen LogP contribution in [0.3, 0.4) is 0 Å². The first-order chi connectivity index (χ1) is 10.3. The van der Waals surface area contributed by atoms with Crippen molar-refractivity contribution in [2.75, 3.05) is 11.9 Å². The van der Waals surface area contributed by atoms with Gasteiger partial charge in [0.2, 0.25) is 11.0 Å². The van der Waals surface area contributed by atoms with Gasteiger partial charge < -0.3 is 5.32 Å². The second kappa shape index (κ2) is 6.13. The molecule has 1 heterocycles. The van der Waals surface area contributed by atoms with Crippen molar-refractivity contribution in [1.29, 1.82) is 0 Å². The molecule has 0 aliphatic rings. The van der Waals surface area contributed by atoms with Gasteiger partial charge in [0, 0.05) is 18.7 Å². The first kappa shape index (κ1) is 13.9. The van der Waals surface area contributed by atoms with Crippen molar-refractivity contribution < 1.29 is 4.57 Å². The second-order valence-corrected chi connectivity index (χ2v) is 5.60. The molecule has 2 nitrogen and oxygen atoms in total. The average Bonchev–Trinajstić information content (AvgIpc) is 2.54. The zero-order chi connectivity index (χ0) is 14.7. The van der Waals surface area contributed by atoms with Crippen molar-refractivity contribution in [3.63, 3.8) is 0 Å². The van der Waals surface area contributed by atoms with Crippen molar-refractivity contribution in [3.8, 4) is 0 Å². The van der Waals surface area contributed by atoms with Crippen LogP contribution in [0.15, 0.2) is 48.5 Å². The van der Waals surface area contributed by atoms with E-state index in [9.17, 15) is 0 Å². The van der Waals surface area contributed by atoms with E-state index < -0.39 is 0 Å². The molecular formula is C19H23N2+. The van der Waals surface area contributed by atoms with Gasteiger partial charge in [-0.2, -0.15) is 4.57 Å². The Labute approximate surface area is 126 Å². The lowest BCUT2D eigenvalue weighted by molar-refractivity contribution is -0.617. The maximum absolute atomic E-state index is 3.68. The van der Waals surface area contributed by atoms with Gasteiger partial charge in [-0.05, 0) is 18.6 Å². The number of fused-ring (bicyclic) bond motifs is 2. The van der Waals surface area contributed by atoms with Gasteiger partial charge in [0.25, 0.3) is 0 Å². The predicted molar refractivity (Wildman–Crippen MR) is 90.6 cm³/mol. The van der Waals surface area contributed by atoms with E-state index in [0.29, 0.717) is 0 Å². The number of anilines is 1. The summed E-state index contributed by atoms with van der Waals surface area (Å²) in [5, 5.41) is 6.28. The molecule has 0 saturated carbocycles. The van der Waals surface area contributed by atoms with Crippen LogP contribution in [0.1, 0.15) is 26.2 Å². The summed E-state index contributed by atoms with van der Waals surface area (Å²) in [6.07, 6.45) is 3.76. The normalized spacial score (nSPS) is 11.1. The van der Waals surface area contributed by atoms with Crippen LogP contribution in [0.4, 0.5) is 5.69 Å². The molecule has 3 aromatic rings. The predicted octanol–water partition coefficient (Wildman–Crippen LogP) is 4.42. The molecule has 0 radical (unpaired) electrons. The van der Waals surface area contributed by atoms with Crippen LogP contribution in [0, 0.1) is 0 Å². The summed E-state index contributed by atoms with van der Waals surface area (Å²) >= 11 is 0. The third kappa shape index (κ3) is 2.58. The van der Waals surface area contributed by atoms with E-state index in [2.05, 4.69) is 72.4 Å². The maximum atomic E-state index is 3.68. The van der Waals surface area contributed by atoms with Crippen molar-refractivity contribution in [2.24, 2.45) is 7.05 Å². The van der Waals surface area contributed by atoms with Gasteiger partial charge in [-0.3, -0.25) is 0 Å². The highest BCUT2D eigenvalue weighted by Gasteiger charge is 2.16. The fourth-order valence-corrected chi connectivity index (χ4v) is 3.01. The molecule has 0 amide bonds. The van der Waals surface area contributed by atoms with Crippen LogP contribution >= 0.6 is 0 Å². The van der Waals surface area contributed by atoms with E-state index in [1.807, 2.05) is 0 Å². The summed E-state index contributed by atoms with van der Waals surface area (Å²) in [6, 6.07) is 17.3. The Kier molecular flexibility index (Phi) is 4.05. The lowest BCUT2D eigenvalue weighted by Crippen LogP contribution is -2.30. The smallest absolute Gasteiger partial charge is 0.214 e. The fourth-order valence-electron chi connectivity index (χ4n) is 3.01. The van der Waals surface area contributed by atoms with Gasteiger partial charge in [-0.15, -0.1) is 0 Å². The first-order valence-electron chi connectivity index (χ1n) is 7.86. The Hall–Kier alpha value is -2.09. The number of hydrogen-bond acceptors (Lipinski definition) is 1. The number of aromatic nitrogens is 1. The van der Waals surface area contributed by atoms with Crippen LogP contribution < -0.4 is 9.88 Å². The molecule has 0 aliphatic carbocycles. The number of hydrogen-bond donors (Lipinski definition) is 1. The number of aryl methyl sites for hydroxylation is 1. The monoisotopic (exact) mass is 279 g/mol. The van der Waals surface area contributed by atoms with Crippen molar-refractivity contribution in [2.45, 2.75) is 26.2 Å². The molecule has 21 heavy (non-hydrogen) atoms. The fraction of sp³-hybridized carbons (Fsp3) is 0.316. The van der Waals surface area contributed by atoms with Gasteiger partial charge in [-0.1, -0.05) is 44.0 Å². The Bertz CT molecular complexity index is 705. The first-order valence-corrected chi connectivity index (χ1v) is 7.86. The lowest BCUT2D eigenvalue weighted by atomic mass is 10.1. The number of pyridine rings is 1. The van der Waals surface area contributed by atoms with Gasteiger partial charge in [-0.25, -0.2) is 0 Å². The number of benzene rings is 2. The minimum absolute atomic E-state index is 1.04. The minimum Gasteiger partial charge on any atom is -0.384 e. The van der Waals surface area contributed by atoms with E-state index in [1.165, 1.54) is 46.8 Å². The third-order valence-corrected chi connectivity index (χ3v) is 4.15.